The number of alkyl halides is 4. The molecule has 0 bridgehead atoms. The van der Waals surface area contributed by atoms with E-state index in [-0.39, 0.29) is 17.6 Å². The summed E-state index contributed by atoms with van der Waals surface area (Å²) < 4.78 is 36.4. The first-order chi connectivity index (χ1) is 8.74. The molecule has 0 aliphatic heterocycles. The van der Waals surface area contributed by atoms with Crippen LogP contribution in [0.1, 0.15) is 12.0 Å². The summed E-state index contributed by atoms with van der Waals surface area (Å²) in [5.41, 5.74) is 0.899. The van der Waals surface area contributed by atoms with Gasteiger partial charge in [-0.2, -0.15) is 13.2 Å². The molecule has 0 unspecified atom stereocenters. The lowest BCUT2D eigenvalue weighted by atomic mass is 10.1. The maximum Gasteiger partial charge on any atom is 0.390 e. The summed E-state index contributed by atoms with van der Waals surface area (Å²) in [5.74, 6) is 0. The molecule has 4 nitrogen and oxygen atoms in total. The number of rotatable bonds is 5. The molecule has 0 fully saturated rings. The predicted octanol–water partition coefficient (Wildman–Crippen LogP) is 3.88. The van der Waals surface area contributed by atoms with Crippen molar-refractivity contribution in [2.45, 2.75) is 17.9 Å². The highest BCUT2D eigenvalue weighted by atomic mass is 79.9. The van der Waals surface area contributed by atoms with Crippen LogP contribution in [0.15, 0.2) is 18.2 Å². The van der Waals surface area contributed by atoms with E-state index in [0.717, 1.165) is 0 Å². The number of nitro groups is 1. The van der Waals surface area contributed by atoms with Crippen LogP contribution in [0.4, 0.5) is 24.5 Å². The van der Waals surface area contributed by atoms with Gasteiger partial charge >= 0.3 is 6.18 Å². The quantitative estimate of drug-likeness (QED) is 0.464. The maximum absolute atomic E-state index is 12.1. The molecule has 1 aromatic carbocycles. The van der Waals surface area contributed by atoms with E-state index in [4.69, 9.17) is 0 Å². The second kappa shape index (κ2) is 6.23. The predicted molar refractivity (Wildman–Crippen MR) is 69.7 cm³/mol. The molecule has 0 saturated carbocycles. The van der Waals surface area contributed by atoms with Crippen molar-refractivity contribution in [2.75, 3.05) is 18.5 Å². The molecule has 0 spiro atoms. The Bertz CT molecular complexity index is 466. The smallest absolute Gasteiger partial charge is 0.374 e. The van der Waals surface area contributed by atoms with Gasteiger partial charge in [0.25, 0.3) is 5.69 Å². The summed E-state index contributed by atoms with van der Waals surface area (Å²) in [7, 11) is 1.52. The summed E-state index contributed by atoms with van der Waals surface area (Å²) in [6.45, 7) is -0.191. The van der Waals surface area contributed by atoms with Gasteiger partial charge in [-0.05, 0) is 12.1 Å². The molecule has 0 aliphatic carbocycles. The van der Waals surface area contributed by atoms with Gasteiger partial charge in [-0.25, -0.2) is 0 Å². The van der Waals surface area contributed by atoms with Gasteiger partial charge < -0.3 is 4.90 Å². The van der Waals surface area contributed by atoms with Crippen LogP contribution in [-0.4, -0.2) is 24.7 Å². The lowest BCUT2D eigenvalue weighted by Gasteiger charge is -2.20. The van der Waals surface area contributed by atoms with Gasteiger partial charge in [0.15, 0.2) is 0 Å². The second-order valence-electron chi connectivity index (χ2n) is 3.99. The zero-order valence-electron chi connectivity index (χ0n) is 10.1. The minimum atomic E-state index is -4.21. The van der Waals surface area contributed by atoms with Gasteiger partial charge in [0, 0.05) is 36.2 Å². The summed E-state index contributed by atoms with van der Waals surface area (Å²) >= 11 is 3.13. The number of hydrogen-bond donors (Lipinski definition) is 0. The van der Waals surface area contributed by atoms with Crippen LogP contribution >= 0.6 is 15.9 Å². The van der Waals surface area contributed by atoms with Gasteiger partial charge in [0.05, 0.1) is 11.3 Å². The van der Waals surface area contributed by atoms with E-state index in [1.807, 2.05) is 0 Å². The zero-order valence-corrected chi connectivity index (χ0v) is 11.7. The lowest BCUT2D eigenvalue weighted by Crippen LogP contribution is -2.24. The highest BCUT2D eigenvalue weighted by Gasteiger charge is 2.27. The molecule has 0 aliphatic rings. The Morgan fingerprint density at radius 2 is 2.05 bits per heavy atom. The van der Waals surface area contributed by atoms with Crippen LogP contribution in [0, 0.1) is 10.1 Å². The molecule has 106 valence electrons. The number of benzene rings is 1. The molecular formula is C11H12BrF3N2O2. The molecule has 0 amide bonds. The average Bonchev–Trinajstić information content (AvgIpc) is 2.34. The third-order valence-corrected chi connectivity index (χ3v) is 3.18. The molecule has 0 N–H and O–H groups in total. The number of hydrogen-bond acceptors (Lipinski definition) is 3. The molecular weight excluding hydrogens is 329 g/mol. The molecule has 8 heteroatoms. The fourth-order valence-electron chi connectivity index (χ4n) is 1.52. The van der Waals surface area contributed by atoms with Crippen molar-refractivity contribution in [3.63, 3.8) is 0 Å². The van der Waals surface area contributed by atoms with Gasteiger partial charge in [0.2, 0.25) is 0 Å². The Hall–Kier alpha value is -1.31. The average molecular weight is 341 g/mol. The lowest BCUT2D eigenvalue weighted by molar-refractivity contribution is -0.385. The molecule has 0 heterocycles. The van der Waals surface area contributed by atoms with Crippen molar-refractivity contribution in [2.24, 2.45) is 0 Å². The Morgan fingerprint density at radius 3 is 2.53 bits per heavy atom. The van der Waals surface area contributed by atoms with Crippen molar-refractivity contribution in [3.05, 3.63) is 33.9 Å². The SMILES string of the molecule is CN(CCC(F)(F)F)c1ccc([N+](=O)[O-])c(CBr)c1. The van der Waals surface area contributed by atoms with Crippen molar-refractivity contribution in [1.82, 2.24) is 0 Å². The van der Waals surface area contributed by atoms with Crippen LogP contribution in [-0.2, 0) is 5.33 Å². The van der Waals surface area contributed by atoms with E-state index in [1.165, 1.54) is 30.1 Å². The molecule has 1 aromatic rings. The Balaban J connectivity index is 2.87. The number of nitrogens with zero attached hydrogens (tertiary/aromatic N) is 2. The fraction of sp³-hybridized carbons (Fsp3) is 0.455. The topological polar surface area (TPSA) is 46.4 Å². The highest BCUT2D eigenvalue weighted by Crippen LogP contribution is 2.27. The van der Waals surface area contributed by atoms with Crippen LogP contribution in [0.2, 0.25) is 0 Å². The van der Waals surface area contributed by atoms with Gasteiger partial charge in [-0.3, -0.25) is 10.1 Å². The number of anilines is 1. The van der Waals surface area contributed by atoms with Crippen LogP contribution < -0.4 is 4.90 Å². The summed E-state index contributed by atoms with van der Waals surface area (Å²) in [4.78, 5) is 11.6. The maximum atomic E-state index is 12.1. The first-order valence-corrected chi connectivity index (χ1v) is 6.48. The Morgan fingerprint density at radius 1 is 1.42 bits per heavy atom. The first-order valence-electron chi connectivity index (χ1n) is 5.36. The minimum Gasteiger partial charge on any atom is -0.374 e. The van der Waals surface area contributed by atoms with Crippen molar-refractivity contribution in [1.29, 1.82) is 0 Å². The molecule has 0 saturated heterocycles. The Labute approximate surface area is 116 Å². The van der Waals surface area contributed by atoms with Crippen molar-refractivity contribution in [3.8, 4) is 0 Å². The second-order valence-corrected chi connectivity index (χ2v) is 4.55. The normalized spacial score (nSPS) is 11.4. The van der Waals surface area contributed by atoms with E-state index in [2.05, 4.69) is 15.9 Å². The standard InChI is InChI=1S/C11H12BrF3N2O2/c1-16(5-4-11(13,14)15)9-2-3-10(17(18)19)8(6-9)7-12/h2-3,6H,4-5,7H2,1H3. The number of nitro benzene ring substituents is 1. The van der Waals surface area contributed by atoms with E-state index < -0.39 is 17.5 Å². The highest BCUT2D eigenvalue weighted by molar-refractivity contribution is 9.08. The van der Waals surface area contributed by atoms with Crippen molar-refractivity contribution < 1.29 is 18.1 Å². The van der Waals surface area contributed by atoms with Gasteiger partial charge in [0.1, 0.15) is 0 Å². The largest absolute Gasteiger partial charge is 0.390 e. The first kappa shape index (κ1) is 15.7. The zero-order chi connectivity index (χ0) is 14.6. The molecule has 1 rings (SSSR count). The Kier molecular flexibility index (Phi) is 5.16. The van der Waals surface area contributed by atoms with E-state index >= 15 is 0 Å². The number of halogens is 4. The van der Waals surface area contributed by atoms with E-state index in [1.54, 1.807) is 0 Å². The minimum absolute atomic E-state index is 0.0511. The molecule has 0 radical (unpaired) electrons. The monoisotopic (exact) mass is 340 g/mol. The van der Waals surface area contributed by atoms with Crippen molar-refractivity contribution >= 4 is 27.3 Å². The van der Waals surface area contributed by atoms with Crippen LogP contribution in [0.5, 0.6) is 0 Å². The third-order valence-electron chi connectivity index (χ3n) is 2.58. The van der Waals surface area contributed by atoms with Crippen LogP contribution in [0.25, 0.3) is 0 Å². The summed E-state index contributed by atoms with van der Waals surface area (Å²) in [6.07, 6.45) is -5.14. The van der Waals surface area contributed by atoms with E-state index in [0.29, 0.717) is 11.3 Å². The summed E-state index contributed by atoms with van der Waals surface area (Å²) in [6, 6.07) is 4.26. The summed E-state index contributed by atoms with van der Waals surface area (Å²) in [5, 5.41) is 11.0. The van der Waals surface area contributed by atoms with Gasteiger partial charge in [-0.1, -0.05) is 15.9 Å². The fourth-order valence-corrected chi connectivity index (χ4v) is 1.97. The molecule has 0 atom stereocenters. The molecule has 19 heavy (non-hydrogen) atoms. The van der Waals surface area contributed by atoms with E-state index in [9.17, 15) is 23.3 Å². The van der Waals surface area contributed by atoms with Crippen LogP contribution in [0.3, 0.4) is 0 Å². The van der Waals surface area contributed by atoms with Gasteiger partial charge in [-0.15, -0.1) is 0 Å². The third kappa shape index (κ3) is 4.70. The molecule has 0 aromatic heterocycles.